The lowest BCUT2D eigenvalue weighted by Gasteiger charge is -2.04. The molecule has 3 heteroatoms. The summed E-state index contributed by atoms with van der Waals surface area (Å²) in [5, 5.41) is 7.48. The van der Waals surface area contributed by atoms with Gasteiger partial charge in [-0.1, -0.05) is 13.8 Å². The molecule has 2 nitrogen and oxygen atoms in total. The van der Waals surface area contributed by atoms with Crippen LogP contribution in [0.1, 0.15) is 19.6 Å². The van der Waals surface area contributed by atoms with Crippen molar-refractivity contribution in [2.75, 3.05) is 0 Å². The van der Waals surface area contributed by atoms with Crippen LogP contribution in [0, 0.1) is 0 Å². The number of rotatable bonds is 4. The number of hydrogen-bond acceptors (Lipinski definition) is 3. The first kappa shape index (κ1) is 10.5. The van der Waals surface area contributed by atoms with Gasteiger partial charge >= 0.3 is 0 Å². The fourth-order valence-electron chi connectivity index (χ4n) is 1.34. The van der Waals surface area contributed by atoms with E-state index in [1.807, 2.05) is 12.1 Å². The van der Waals surface area contributed by atoms with E-state index in [0.29, 0.717) is 6.04 Å². The molecule has 0 aromatic carbocycles. The fourth-order valence-corrected chi connectivity index (χ4v) is 1.98. The summed E-state index contributed by atoms with van der Waals surface area (Å²) in [5.74, 6) is 1.95. The zero-order valence-corrected chi connectivity index (χ0v) is 9.80. The van der Waals surface area contributed by atoms with E-state index in [1.165, 1.54) is 0 Å². The predicted molar refractivity (Wildman–Crippen MR) is 64.0 cm³/mol. The molecule has 0 saturated carbocycles. The summed E-state index contributed by atoms with van der Waals surface area (Å²) in [6.45, 7) is 5.05. The van der Waals surface area contributed by atoms with Crippen LogP contribution >= 0.6 is 11.3 Å². The molecule has 2 heterocycles. The first-order chi connectivity index (χ1) is 7.25. The van der Waals surface area contributed by atoms with E-state index in [2.05, 4.69) is 36.0 Å². The third-order valence-corrected chi connectivity index (χ3v) is 2.84. The molecular weight excluding hydrogens is 206 g/mol. The van der Waals surface area contributed by atoms with E-state index in [0.717, 1.165) is 23.6 Å². The van der Waals surface area contributed by atoms with Crippen molar-refractivity contribution in [1.82, 2.24) is 5.32 Å². The molecule has 0 saturated heterocycles. The average molecular weight is 221 g/mol. The van der Waals surface area contributed by atoms with E-state index in [9.17, 15) is 0 Å². The maximum atomic E-state index is 5.72. The molecule has 1 N–H and O–H groups in total. The molecule has 2 rings (SSSR count). The molecule has 0 aliphatic rings. The molecule has 80 valence electrons. The van der Waals surface area contributed by atoms with Gasteiger partial charge in [0.2, 0.25) is 0 Å². The van der Waals surface area contributed by atoms with Gasteiger partial charge in [0.25, 0.3) is 0 Å². The molecule has 0 fully saturated rings. The fraction of sp³-hybridized carbons (Fsp3) is 0.333. The van der Waals surface area contributed by atoms with Crippen LogP contribution in [-0.2, 0) is 6.54 Å². The highest BCUT2D eigenvalue weighted by Gasteiger charge is 2.04. The molecule has 15 heavy (non-hydrogen) atoms. The Morgan fingerprint density at radius 3 is 2.87 bits per heavy atom. The van der Waals surface area contributed by atoms with Gasteiger partial charge in [-0.3, -0.25) is 0 Å². The Morgan fingerprint density at radius 2 is 2.20 bits per heavy atom. The Labute approximate surface area is 93.9 Å². The smallest absolute Gasteiger partial charge is 0.135 e. The van der Waals surface area contributed by atoms with Crippen molar-refractivity contribution in [1.29, 1.82) is 0 Å². The Balaban J connectivity index is 2.04. The third kappa shape index (κ3) is 2.70. The number of furan rings is 1. The highest BCUT2D eigenvalue weighted by Crippen LogP contribution is 2.24. The van der Waals surface area contributed by atoms with Gasteiger partial charge in [-0.2, -0.15) is 11.3 Å². The molecule has 0 bridgehead atoms. The van der Waals surface area contributed by atoms with Crippen molar-refractivity contribution < 1.29 is 4.42 Å². The highest BCUT2D eigenvalue weighted by molar-refractivity contribution is 7.08. The van der Waals surface area contributed by atoms with Crippen LogP contribution in [0.2, 0.25) is 0 Å². The summed E-state index contributed by atoms with van der Waals surface area (Å²) in [4.78, 5) is 0. The molecule has 0 unspecified atom stereocenters. The van der Waals surface area contributed by atoms with Crippen LogP contribution in [0.25, 0.3) is 11.3 Å². The Bertz CT molecular complexity index is 403. The van der Waals surface area contributed by atoms with Gasteiger partial charge in [-0.05, 0) is 23.6 Å². The molecule has 0 aliphatic carbocycles. The van der Waals surface area contributed by atoms with Gasteiger partial charge in [0.1, 0.15) is 11.5 Å². The molecule has 0 spiro atoms. The van der Waals surface area contributed by atoms with E-state index >= 15 is 0 Å². The molecule has 2 aromatic rings. The highest BCUT2D eigenvalue weighted by atomic mass is 32.1. The molecule has 0 radical (unpaired) electrons. The zero-order valence-electron chi connectivity index (χ0n) is 8.99. The molecule has 0 amide bonds. The second-order valence-corrected chi connectivity index (χ2v) is 4.59. The summed E-state index contributed by atoms with van der Waals surface area (Å²) >= 11 is 1.69. The molecule has 0 atom stereocenters. The minimum atomic E-state index is 0.486. The van der Waals surface area contributed by atoms with Gasteiger partial charge in [-0.15, -0.1) is 0 Å². The number of hydrogen-bond donors (Lipinski definition) is 1. The predicted octanol–water partition coefficient (Wildman–Crippen LogP) is 3.51. The molecule has 0 aliphatic heterocycles. The maximum absolute atomic E-state index is 5.72. The van der Waals surface area contributed by atoms with Crippen LogP contribution in [-0.4, -0.2) is 6.04 Å². The Kier molecular flexibility index (Phi) is 3.23. The Hall–Kier alpha value is -1.06. The average Bonchev–Trinajstić information content (AvgIpc) is 2.85. The van der Waals surface area contributed by atoms with Gasteiger partial charge in [0.05, 0.1) is 6.54 Å². The van der Waals surface area contributed by atoms with Crippen LogP contribution in [0.3, 0.4) is 0 Å². The lowest BCUT2D eigenvalue weighted by atomic mass is 10.3. The van der Waals surface area contributed by atoms with Gasteiger partial charge in [0.15, 0.2) is 0 Å². The summed E-state index contributed by atoms with van der Waals surface area (Å²) in [7, 11) is 0. The molecule has 2 aromatic heterocycles. The van der Waals surface area contributed by atoms with Crippen molar-refractivity contribution in [3.8, 4) is 11.3 Å². The first-order valence-corrected chi connectivity index (χ1v) is 6.04. The summed E-state index contributed by atoms with van der Waals surface area (Å²) in [6.07, 6.45) is 0. The van der Waals surface area contributed by atoms with Crippen molar-refractivity contribution in [2.24, 2.45) is 0 Å². The van der Waals surface area contributed by atoms with Gasteiger partial charge in [-0.25, -0.2) is 0 Å². The second-order valence-electron chi connectivity index (χ2n) is 3.81. The number of nitrogens with one attached hydrogen (secondary N) is 1. The maximum Gasteiger partial charge on any atom is 0.135 e. The lowest BCUT2D eigenvalue weighted by molar-refractivity contribution is 0.473. The summed E-state index contributed by atoms with van der Waals surface area (Å²) in [5.41, 5.74) is 1.16. The standard InChI is InChI=1S/C12H15NOS/c1-9(2)13-7-11-3-4-12(14-11)10-5-6-15-8-10/h3-6,8-9,13H,7H2,1-2H3. The van der Waals surface area contributed by atoms with Gasteiger partial charge in [0, 0.05) is 17.0 Å². The quantitative estimate of drug-likeness (QED) is 0.854. The topological polar surface area (TPSA) is 25.2 Å². The normalized spacial score (nSPS) is 11.1. The van der Waals surface area contributed by atoms with E-state index in [4.69, 9.17) is 4.42 Å². The van der Waals surface area contributed by atoms with Crippen LogP contribution < -0.4 is 5.32 Å². The SMILES string of the molecule is CC(C)NCc1ccc(-c2ccsc2)o1. The first-order valence-electron chi connectivity index (χ1n) is 5.10. The largest absolute Gasteiger partial charge is 0.460 e. The molecular formula is C12H15NOS. The van der Waals surface area contributed by atoms with E-state index < -0.39 is 0 Å². The van der Waals surface area contributed by atoms with Crippen molar-refractivity contribution in [3.63, 3.8) is 0 Å². The van der Waals surface area contributed by atoms with E-state index in [-0.39, 0.29) is 0 Å². The monoisotopic (exact) mass is 221 g/mol. The third-order valence-electron chi connectivity index (χ3n) is 2.15. The van der Waals surface area contributed by atoms with Gasteiger partial charge < -0.3 is 9.73 Å². The van der Waals surface area contributed by atoms with Crippen molar-refractivity contribution >= 4 is 11.3 Å². The summed E-state index contributed by atoms with van der Waals surface area (Å²) in [6, 6.07) is 6.62. The van der Waals surface area contributed by atoms with Crippen molar-refractivity contribution in [2.45, 2.75) is 26.4 Å². The lowest BCUT2D eigenvalue weighted by Crippen LogP contribution is -2.21. The number of thiophene rings is 1. The van der Waals surface area contributed by atoms with Crippen LogP contribution in [0.15, 0.2) is 33.4 Å². The minimum Gasteiger partial charge on any atom is -0.460 e. The van der Waals surface area contributed by atoms with Crippen molar-refractivity contribution in [3.05, 3.63) is 34.7 Å². The van der Waals surface area contributed by atoms with Crippen LogP contribution in [0.5, 0.6) is 0 Å². The Morgan fingerprint density at radius 1 is 1.33 bits per heavy atom. The zero-order chi connectivity index (χ0) is 10.7. The van der Waals surface area contributed by atoms with E-state index in [1.54, 1.807) is 11.3 Å². The van der Waals surface area contributed by atoms with Crippen LogP contribution in [0.4, 0.5) is 0 Å². The second kappa shape index (κ2) is 4.64. The summed E-state index contributed by atoms with van der Waals surface area (Å²) < 4.78 is 5.72. The minimum absolute atomic E-state index is 0.486.